The van der Waals surface area contributed by atoms with Crippen molar-refractivity contribution in [2.24, 2.45) is 5.11 Å². The summed E-state index contributed by atoms with van der Waals surface area (Å²) < 4.78 is 0. The Bertz CT molecular complexity index is 636. The van der Waals surface area contributed by atoms with E-state index < -0.39 is 0 Å². The highest BCUT2D eigenvalue weighted by Crippen LogP contribution is 2.42. The van der Waals surface area contributed by atoms with Crippen molar-refractivity contribution in [2.75, 3.05) is 0 Å². The number of hydrogen-bond acceptors (Lipinski definition) is 2. The number of benzene rings is 2. The highest BCUT2D eigenvalue weighted by molar-refractivity contribution is 5.72. The molecule has 0 radical (unpaired) electrons. The van der Waals surface area contributed by atoms with Crippen LogP contribution in [0.3, 0.4) is 0 Å². The molecule has 2 rings (SSSR count). The molecule has 0 heterocycles. The number of rotatable bonds is 2. The van der Waals surface area contributed by atoms with E-state index in [-0.39, 0.29) is 10.8 Å². The maximum Gasteiger partial charge on any atom is 0.0924 e. The van der Waals surface area contributed by atoms with Crippen molar-refractivity contribution in [1.29, 1.82) is 5.53 Å². The fourth-order valence-corrected chi connectivity index (χ4v) is 2.70. The molecule has 0 amide bonds. The lowest BCUT2D eigenvalue weighted by Crippen LogP contribution is -2.17. The zero-order valence-electron chi connectivity index (χ0n) is 14.5. The van der Waals surface area contributed by atoms with Crippen LogP contribution in [-0.4, -0.2) is 0 Å². The molecule has 0 bridgehead atoms. The summed E-state index contributed by atoms with van der Waals surface area (Å²) in [5, 5.41) is 3.89. The summed E-state index contributed by atoms with van der Waals surface area (Å²) in [7, 11) is 0. The van der Waals surface area contributed by atoms with Gasteiger partial charge in [-0.3, -0.25) is 0 Å². The first kappa shape index (κ1) is 16.4. The summed E-state index contributed by atoms with van der Waals surface area (Å²) in [6.07, 6.45) is 0. The minimum absolute atomic E-state index is 0.0509. The lowest BCUT2D eigenvalue weighted by atomic mass is 9.77. The molecular weight excluding hydrogens is 268 g/mol. The van der Waals surface area contributed by atoms with Gasteiger partial charge < -0.3 is 0 Å². The van der Waals surface area contributed by atoms with E-state index in [1.54, 1.807) is 0 Å². The fraction of sp³-hybridized carbons (Fsp3) is 0.400. The molecule has 0 aromatic heterocycles. The van der Waals surface area contributed by atoms with E-state index in [9.17, 15) is 0 Å². The van der Waals surface area contributed by atoms with Crippen LogP contribution in [0.25, 0.3) is 11.1 Å². The third kappa shape index (κ3) is 3.27. The molecule has 0 fully saturated rings. The smallest absolute Gasteiger partial charge is 0.0924 e. The lowest BCUT2D eigenvalue weighted by Gasteiger charge is -2.28. The summed E-state index contributed by atoms with van der Waals surface area (Å²) in [5.41, 5.74) is 13.1. The zero-order valence-corrected chi connectivity index (χ0v) is 14.5. The first-order chi connectivity index (χ1) is 10.1. The molecule has 0 saturated heterocycles. The molecule has 2 aromatic carbocycles. The predicted molar refractivity (Wildman–Crippen MR) is 94.1 cm³/mol. The standard InChI is InChI=1S/C20H26N2/c1-19(2,3)16-12-15(14-10-8-7-9-11-14)13-17(18(16)22-21)20(4,5)6/h7-13,21H,1-6H3. The van der Waals surface area contributed by atoms with Crippen molar-refractivity contribution < 1.29 is 0 Å². The van der Waals surface area contributed by atoms with Gasteiger partial charge in [0.15, 0.2) is 0 Å². The van der Waals surface area contributed by atoms with Gasteiger partial charge >= 0.3 is 0 Å². The summed E-state index contributed by atoms with van der Waals surface area (Å²) in [6.45, 7) is 13.1. The van der Waals surface area contributed by atoms with Gasteiger partial charge in [0.2, 0.25) is 0 Å². The molecule has 2 nitrogen and oxygen atoms in total. The Morgan fingerprint density at radius 3 is 1.55 bits per heavy atom. The zero-order chi connectivity index (χ0) is 16.5. The summed E-state index contributed by atoms with van der Waals surface area (Å²) in [5.74, 6) is 0. The molecule has 0 unspecified atom stereocenters. The Hall–Kier alpha value is -1.96. The molecule has 2 aromatic rings. The summed E-state index contributed by atoms with van der Waals surface area (Å²) >= 11 is 0. The van der Waals surface area contributed by atoms with Crippen LogP contribution < -0.4 is 0 Å². The average molecular weight is 294 g/mol. The van der Waals surface area contributed by atoms with E-state index in [1.807, 2.05) is 6.07 Å². The van der Waals surface area contributed by atoms with Crippen LogP contribution in [0.5, 0.6) is 0 Å². The molecule has 22 heavy (non-hydrogen) atoms. The van der Waals surface area contributed by atoms with Crippen molar-refractivity contribution in [1.82, 2.24) is 0 Å². The van der Waals surface area contributed by atoms with E-state index in [2.05, 4.69) is 83.1 Å². The van der Waals surface area contributed by atoms with E-state index >= 15 is 0 Å². The first-order valence-electron chi connectivity index (χ1n) is 7.76. The monoisotopic (exact) mass is 294 g/mol. The highest BCUT2D eigenvalue weighted by Gasteiger charge is 2.26. The fourth-order valence-electron chi connectivity index (χ4n) is 2.70. The summed E-state index contributed by atoms with van der Waals surface area (Å²) in [4.78, 5) is 0. The molecular formula is C20H26N2. The normalized spacial score (nSPS) is 12.3. The van der Waals surface area contributed by atoms with Crippen molar-refractivity contribution >= 4 is 5.69 Å². The van der Waals surface area contributed by atoms with E-state index in [0.29, 0.717) is 0 Å². The van der Waals surface area contributed by atoms with Crippen molar-refractivity contribution in [3.63, 3.8) is 0 Å². The van der Waals surface area contributed by atoms with Crippen LogP contribution in [0.1, 0.15) is 52.7 Å². The van der Waals surface area contributed by atoms with E-state index in [4.69, 9.17) is 5.53 Å². The number of nitrogens with one attached hydrogen (secondary N) is 1. The van der Waals surface area contributed by atoms with Crippen LogP contribution in [0.15, 0.2) is 47.6 Å². The van der Waals surface area contributed by atoms with Gasteiger partial charge in [-0.1, -0.05) is 71.9 Å². The second-order valence-corrected chi connectivity index (χ2v) is 7.90. The van der Waals surface area contributed by atoms with Gasteiger partial charge in [0, 0.05) is 0 Å². The first-order valence-corrected chi connectivity index (χ1v) is 7.76. The molecule has 0 saturated carbocycles. The Balaban J connectivity index is 2.82. The van der Waals surface area contributed by atoms with Gasteiger partial charge in [-0.05, 0) is 45.2 Å². The Morgan fingerprint density at radius 2 is 1.18 bits per heavy atom. The molecule has 0 atom stereocenters. The van der Waals surface area contributed by atoms with Gasteiger partial charge in [-0.15, -0.1) is 0 Å². The van der Waals surface area contributed by atoms with Crippen molar-refractivity contribution in [3.8, 4) is 11.1 Å². The second-order valence-electron chi connectivity index (χ2n) is 7.90. The molecule has 0 aliphatic heterocycles. The van der Waals surface area contributed by atoms with Crippen molar-refractivity contribution in [3.05, 3.63) is 53.6 Å². The van der Waals surface area contributed by atoms with Crippen LogP contribution >= 0.6 is 0 Å². The average Bonchev–Trinajstić information content (AvgIpc) is 2.45. The molecule has 2 heteroatoms. The second kappa shape index (κ2) is 5.68. The molecule has 0 spiro atoms. The van der Waals surface area contributed by atoms with Crippen LogP contribution in [0.4, 0.5) is 5.69 Å². The quantitative estimate of drug-likeness (QED) is 0.605. The molecule has 0 aliphatic carbocycles. The number of hydrogen-bond donors (Lipinski definition) is 1. The van der Waals surface area contributed by atoms with E-state index in [1.165, 1.54) is 11.1 Å². The Morgan fingerprint density at radius 1 is 0.727 bits per heavy atom. The minimum atomic E-state index is -0.0509. The van der Waals surface area contributed by atoms with Gasteiger partial charge in [-0.2, -0.15) is 5.11 Å². The third-order valence-corrected chi connectivity index (χ3v) is 3.94. The van der Waals surface area contributed by atoms with Crippen LogP contribution in [0, 0.1) is 5.53 Å². The van der Waals surface area contributed by atoms with Crippen LogP contribution in [-0.2, 0) is 10.8 Å². The minimum Gasteiger partial charge on any atom is -0.204 e. The van der Waals surface area contributed by atoms with Gasteiger partial charge in [-0.25, -0.2) is 5.53 Å². The van der Waals surface area contributed by atoms with Gasteiger partial charge in [0.1, 0.15) is 0 Å². The largest absolute Gasteiger partial charge is 0.204 e. The van der Waals surface area contributed by atoms with Crippen LogP contribution in [0.2, 0.25) is 0 Å². The Labute approximate surface area is 134 Å². The molecule has 1 N–H and O–H groups in total. The third-order valence-electron chi connectivity index (χ3n) is 3.94. The summed E-state index contributed by atoms with van der Waals surface area (Å²) in [6, 6.07) is 14.8. The topological polar surface area (TPSA) is 36.2 Å². The lowest BCUT2D eigenvalue weighted by molar-refractivity contribution is 0.569. The van der Waals surface area contributed by atoms with Crippen molar-refractivity contribution in [2.45, 2.75) is 52.4 Å². The SMILES string of the molecule is CC(C)(C)c1cc(-c2ccccc2)cc(C(C)(C)C)c1N=N. The molecule has 0 aliphatic rings. The number of nitrogens with zero attached hydrogens (tertiary/aromatic N) is 1. The predicted octanol–water partition coefficient (Wildman–Crippen LogP) is 6.61. The molecule has 116 valence electrons. The van der Waals surface area contributed by atoms with Gasteiger partial charge in [0.05, 0.1) is 5.69 Å². The van der Waals surface area contributed by atoms with E-state index in [0.717, 1.165) is 16.8 Å². The maximum atomic E-state index is 7.69. The Kier molecular flexibility index (Phi) is 4.23. The highest BCUT2D eigenvalue weighted by atomic mass is 15.0. The maximum absolute atomic E-state index is 7.69. The van der Waals surface area contributed by atoms with Gasteiger partial charge in [0.25, 0.3) is 0 Å².